The second-order valence-corrected chi connectivity index (χ2v) is 6.76. The van der Waals surface area contributed by atoms with Crippen LogP contribution in [-0.2, 0) is 24.4 Å². The van der Waals surface area contributed by atoms with Crippen LogP contribution in [-0.4, -0.2) is 39.5 Å². The molecule has 0 unspecified atom stereocenters. The molecule has 0 rings (SSSR count). The quantitative estimate of drug-likeness (QED) is 0.301. The van der Waals surface area contributed by atoms with Crippen molar-refractivity contribution in [2.45, 2.75) is 26.2 Å². The number of hydrogen-bond donors (Lipinski definition) is 1. The SMILES string of the molecule is C=CCS(=O)(=O)O.C=CCS(=O)(=O)OCCCCC. The Hall–Kier alpha value is -0.700. The van der Waals surface area contributed by atoms with Crippen LogP contribution in [0.4, 0.5) is 0 Å². The van der Waals surface area contributed by atoms with Crippen LogP contribution in [0.5, 0.6) is 0 Å². The van der Waals surface area contributed by atoms with E-state index in [1.165, 1.54) is 6.08 Å². The van der Waals surface area contributed by atoms with Gasteiger partial charge in [-0.25, -0.2) is 0 Å². The van der Waals surface area contributed by atoms with Gasteiger partial charge in [-0.2, -0.15) is 16.8 Å². The minimum absolute atomic E-state index is 0.0981. The Labute approximate surface area is 116 Å². The first kappa shape index (κ1) is 20.6. The Bertz CT molecular complexity index is 436. The fraction of sp³-hybridized carbons (Fsp3) is 0.636. The summed E-state index contributed by atoms with van der Waals surface area (Å²) < 4.78 is 53.8. The van der Waals surface area contributed by atoms with Crippen molar-refractivity contribution in [3.63, 3.8) is 0 Å². The summed E-state index contributed by atoms with van der Waals surface area (Å²) in [5.74, 6) is -0.466. The summed E-state index contributed by atoms with van der Waals surface area (Å²) in [5, 5.41) is 0. The molecule has 0 saturated heterocycles. The zero-order chi connectivity index (χ0) is 15.4. The summed E-state index contributed by atoms with van der Waals surface area (Å²) in [7, 11) is -7.12. The molecule has 114 valence electrons. The molecule has 0 aliphatic carbocycles. The van der Waals surface area contributed by atoms with E-state index in [-0.39, 0.29) is 11.5 Å². The van der Waals surface area contributed by atoms with Gasteiger partial charge in [-0.1, -0.05) is 31.9 Å². The molecule has 0 spiro atoms. The van der Waals surface area contributed by atoms with E-state index < -0.39 is 20.2 Å². The van der Waals surface area contributed by atoms with Gasteiger partial charge in [0.05, 0.1) is 18.1 Å². The van der Waals surface area contributed by atoms with E-state index in [0.29, 0.717) is 6.61 Å². The molecule has 6 nitrogen and oxygen atoms in total. The summed E-state index contributed by atoms with van der Waals surface area (Å²) >= 11 is 0. The van der Waals surface area contributed by atoms with Crippen LogP contribution < -0.4 is 0 Å². The maximum absolute atomic E-state index is 10.9. The van der Waals surface area contributed by atoms with Gasteiger partial charge in [-0.05, 0) is 6.42 Å². The van der Waals surface area contributed by atoms with E-state index in [1.54, 1.807) is 0 Å². The van der Waals surface area contributed by atoms with Crippen LogP contribution in [0.25, 0.3) is 0 Å². The highest BCUT2D eigenvalue weighted by Crippen LogP contribution is 1.99. The number of rotatable bonds is 9. The van der Waals surface area contributed by atoms with Gasteiger partial charge >= 0.3 is 0 Å². The molecule has 0 heterocycles. The molecular formula is C11H22O6S2. The Morgan fingerprint density at radius 2 is 1.58 bits per heavy atom. The molecule has 0 radical (unpaired) electrons. The summed E-state index contributed by atoms with van der Waals surface area (Å²) in [4.78, 5) is 0. The average molecular weight is 314 g/mol. The molecule has 0 amide bonds. The van der Waals surface area contributed by atoms with E-state index in [9.17, 15) is 16.8 Å². The lowest BCUT2D eigenvalue weighted by atomic mass is 10.3. The third kappa shape index (κ3) is 19.8. The predicted octanol–water partition coefficient (Wildman–Crippen LogP) is 1.77. The standard InChI is InChI=1S/C8H16O3S.C3H6O3S/c1-3-5-6-7-11-12(9,10)8-4-2;1-2-3-7(4,5)6/h4H,2-3,5-8H2,1H3;2H,1,3H2,(H,4,5,6). The minimum Gasteiger partial charge on any atom is -0.285 e. The average Bonchev–Trinajstić information content (AvgIpc) is 2.23. The molecule has 0 aromatic carbocycles. The van der Waals surface area contributed by atoms with Crippen LogP contribution in [0.1, 0.15) is 26.2 Å². The summed E-state index contributed by atoms with van der Waals surface area (Å²) in [6.07, 6.45) is 5.31. The summed E-state index contributed by atoms with van der Waals surface area (Å²) in [6.45, 7) is 8.79. The maximum atomic E-state index is 10.9. The lowest BCUT2D eigenvalue weighted by molar-refractivity contribution is 0.309. The lowest BCUT2D eigenvalue weighted by Crippen LogP contribution is -2.09. The third-order valence-corrected chi connectivity index (χ3v) is 3.49. The third-order valence-electron chi connectivity index (χ3n) is 1.66. The van der Waals surface area contributed by atoms with Gasteiger partial charge in [0.2, 0.25) is 0 Å². The summed E-state index contributed by atoms with van der Waals surface area (Å²) in [5.41, 5.74) is 0. The van der Waals surface area contributed by atoms with Gasteiger partial charge in [-0.15, -0.1) is 13.2 Å². The topological polar surface area (TPSA) is 97.7 Å². The molecule has 0 aromatic heterocycles. The summed E-state index contributed by atoms with van der Waals surface area (Å²) in [6, 6.07) is 0. The predicted molar refractivity (Wildman–Crippen MR) is 76.1 cm³/mol. The molecule has 0 saturated carbocycles. The minimum atomic E-state index is -3.79. The van der Waals surface area contributed by atoms with E-state index in [0.717, 1.165) is 25.3 Å². The van der Waals surface area contributed by atoms with E-state index >= 15 is 0 Å². The fourth-order valence-corrected chi connectivity index (χ4v) is 1.93. The molecule has 19 heavy (non-hydrogen) atoms. The lowest BCUT2D eigenvalue weighted by Gasteiger charge is -2.01. The Morgan fingerprint density at radius 3 is 1.89 bits per heavy atom. The van der Waals surface area contributed by atoms with Gasteiger partial charge in [-0.3, -0.25) is 8.74 Å². The van der Waals surface area contributed by atoms with Crippen molar-refractivity contribution in [1.29, 1.82) is 0 Å². The van der Waals surface area contributed by atoms with E-state index in [2.05, 4.69) is 24.3 Å². The monoisotopic (exact) mass is 314 g/mol. The molecule has 1 N–H and O–H groups in total. The highest BCUT2D eigenvalue weighted by atomic mass is 32.2. The second-order valence-electron chi connectivity index (χ2n) is 3.58. The van der Waals surface area contributed by atoms with Crippen LogP contribution in [0.2, 0.25) is 0 Å². The van der Waals surface area contributed by atoms with Gasteiger partial charge in [0.1, 0.15) is 0 Å². The Kier molecular flexibility index (Phi) is 12.1. The Morgan fingerprint density at radius 1 is 1.05 bits per heavy atom. The molecule has 0 fully saturated rings. The van der Waals surface area contributed by atoms with E-state index in [4.69, 9.17) is 4.55 Å². The molecule has 0 aromatic rings. The van der Waals surface area contributed by atoms with Crippen molar-refractivity contribution in [1.82, 2.24) is 0 Å². The molecular weight excluding hydrogens is 292 g/mol. The number of unbranched alkanes of at least 4 members (excludes halogenated alkanes) is 2. The van der Waals surface area contributed by atoms with Crippen molar-refractivity contribution < 1.29 is 25.6 Å². The molecule has 0 aliphatic rings. The molecule has 0 atom stereocenters. The normalized spacial score (nSPS) is 11.3. The number of hydrogen-bond acceptors (Lipinski definition) is 5. The van der Waals surface area contributed by atoms with Crippen molar-refractivity contribution in [2.75, 3.05) is 18.1 Å². The zero-order valence-electron chi connectivity index (χ0n) is 11.1. The first-order valence-electron chi connectivity index (χ1n) is 5.72. The van der Waals surface area contributed by atoms with Crippen LogP contribution in [0, 0.1) is 0 Å². The van der Waals surface area contributed by atoms with Crippen molar-refractivity contribution >= 4 is 20.2 Å². The molecule has 0 aliphatic heterocycles. The first-order valence-corrected chi connectivity index (χ1v) is 8.91. The van der Waals surface area contributed by atoms with Gasteiger partial charge < -0.3 is 0 Å². The van der Waals surface area contributed by atoms with Crippen molar-refractivity contribution in [3.05, 3.63) is 25.3 Å². The second kappa shape index (κ2) is 11.2. The van der Waals surface area contributed by atoms with Gasteiger partial charge in [0.15, 0.2) is 0 Å². The van der Waals surface area contributed by atoms with Crippen LogP contribution in [0.3, 0.4) is 0 Å². The highest BCUT2D eigenvalue weighted by molar-refractivity contribution is 7.86. The van der Waals surface area contributed by atoms with Crippen molar-refractivity contribution in [2.24, 2.45) is 0 Å². The largest absolute Gasteiger partial charge is 0.285 e. The smallest absolute Gasteiger partial charge is 0.270 e. The first-order chi connectivity index (χ1) is 8.68. The van der Waals surface area contributed by atoms with Crippen LogP contribution >= 0.6 is 0 Å². The van der Waals surface area contributed by atoms with E-state index in [1.807, 2.05) is 0 Å². The molecule has 8 heteroatoms. The molecule has 0 bridgehead atoms. The highest BCUT2D eigenvalue weighted by Gasteiger charge is 2.06. The zero-order valence-corrected chi connectivity index (χ0v) is 12.7. The Balaban J connectivity index is 0. The van der Waals surface area contributed by atoms with Gasteiger partial charge in [0.25, 0.3) is 20.2 Å². The maximum Gasteiger partial charge on any atom is 0.270 e. The fourth-order valence-electron chi connectivity index (χ4n) is 0.879. The van der Waals surface area contributed by atoms with Crippen molar-refractivity contribution in [3.8, 4) is 0 Å². The van der Waals surface area contributed by atoms with Gasteiger partial charge in [0, 0.05) is 0 Å². The van der Waals surface area contributed by atoms with Crippen LogP contribution in [0.15, 0.2) is 25.3 Å².